The number of aromatic amines is 1. The van der Waals surface area contributed by atoms with Crippen LogP contribution < -0.4 is 5.32 Å². The Balaban J connectivity index is 1.67. The van der Waals surface area contributed by atoms with E-state index >= 15 is 0 Å². The van der Waals surface area contributed by atoms with Gasteiger partial charge in [-0.15, -0.1) is 0 Å². The van der Waals surface area contributed by atoms with E-state index in [1.165, 1.54) is 42.4 Å². The predicted molar refractivity (Wildman–Crippen MR) is 82.6 cm³/mol. The number of nitrogens with zero attached hydrogens (tertiary/aromatic N) is 1. The fourth-order valence-corrected chi connectivity index (χ4v) is 2.88. The van der Waals surface area contributed by atoms with Crippen LogP contribution in [0.15, 0.2) is 24.4 Å². The fourth-order valence-electron chi connectivity index (χ4n) is 2.88. The van der Waals surface area contributed by atoms with Gasteiger partial charge in [-0.2, -0.15) is 0 Å². The maximum atomic E-state index is 4.49. The number of aryl methyl sites for hydroxylation is 2. The summed E-state index contributed by atoms with van der Waals surface area (Å²) >= 11 is 0. The van der Waals surface area contributed by atoms with Crippen LogP contribution in [0.5, 0.6) is 0 Å². The highest BCUT2D eigenvalue weighted by molar-refractivity contribution is 5.60. The van der Waals surface area contributed by atoms with Crippen molar-refractivity contribution in [2.24, 2.45) is 0 Å². The minimum absolute atomic E-state index is 0.685. The predicted octanol–water partition coefficient (Wildman–Crippen LogP) is 3.73. The number of hydrogen-bond donors (Lipinski definition) is 2. The largest absolute Gasteiger partial charge is 0.341 e. The third-order valence-electron chi connectivity index (χ3n) is 4.36. The number of hydrogen-bond acceptors (Lipinski definition) is 2. The van der Waals surface area contributed by atoms with Crippen molar-refractivity contribution in [3.63, 3.8) is 0 Å². The molecule has 2 aromatic rings. The Labute approximate surface area is 120 Å². The summed E-state index contributed by atoms with van der Waals surface area (Å²) < 4.78 is 0. The van der Waals surface area contributed by atoms with Gasteiger partial charge in [0.05, 0.1) is 18.4 Å². The second-order valence-electron chi connectivity index (χ2n) is 5.90. The van der Waals surface area contributed by atoms with Gasteiger partial charge < -0.3 is 10.3 Å². The average molecular weight is 269 g/mol. The number of benzene rings is 1. The van der Waals surface area contributed by atoms with Crippen molar-refractivity contribution in [3.05, 3.63) is 41.3 Å². The van der Waals surface area contributed by atoms with Crippen LogP contribution in [0.3, 0.4) is 0 Å². The molecule has 1 aliphatic carbocycles. The molecule has 20 heavy (non-hydrogen) atoms. The van der Waals surface area contributed by atoms with Crippen LogP contribution in [-0.2, 0) is 6.54 Å². The van der Waals surface area contributed by atoms with Gasteiger partial charge in [0.25, 0.3) is 0 Å². The summed E-state index contributed by atoms with van der Waals surface area (Å²) in [6, 6.07) is 7.23. The maximum Gasteiger partial charge on any atom is 0.120 e. The lowest BCUT2D eigenvalue weighted by Gasteiger charge is -2.09. The van der Waals surface area contributed by atoms with Crippen molar-refractivity contribution < 1.29 is 0 Å². The summed E-state index contributed by atoms with van der Waals surface area (Å²) in [6.07, 6.45) is 7.29. The summed E-state index contributed by atoms with van der Waals surface area (Å²) in [4.78, 5) is 7.91. The average Bonchev–Trinajstić information content (AvgIpc) is 3.10. The van der Waals surface area contributed by atoms with Gasteiger partial charge in [0, 0.05) is 6.04 Å². The molecule has 2 N–H and O–H groups in total. The van der Waals surface area contributed by atoms with Gasteiger partial charge in [0.2, 0.25) is 0 Å². The maximum absolute atomic E-state index is 4.49. The van der Waals surface area contributed by atoms with Crippen LogP contribution in [-0.4, -0.2) is 16.0 Å². The van der Waals surface area contributed by atoms with E-state index < -0.39 is 0 Å². The minimum atomic E-state index is 0.685. The summed E-state index contributed by atoms with van der Waals surface area (Å²) in [5, 5.41) is 3.59. The Bertz CT molecular complexity index is 580. The highest BCUT2D eigenvalue weighted by Gasteiger charge is 2.14. The van der Waals surface area contributed by atoms with E-state index in [0.717, 1.165) is 18.1 Å². The van der Waals surface area contributed by atoms with Crippen molar-refractivity contribution >= 4 is 0 Å². The van der Waals surface area contributed by atoms with Crippen LogP contribution in [0.1, 0.15) is 42.6 Å². The Morgan fingerprint density at radius 1 is 1.20 bits per heavy atom. The lowest BCUT2D eigenvalue weighted by Crippen LogP contribution is -2.25. The zero-order valence-electron chi connectivity index (χ0n) is 12.4. The molecule has 0 aliphatic heterocycles. The summed E-state index contributed by atoms with van der Waals surface area (Å²) in [6.45, 7) is 5.14. The van der Waals surface area contributed by atoms with Crippen LogP contribution >= 0.6 is 0 Å². The van der Waals surface area contributed by atoms with E-state index in [0.29, 0.717) is 6.04 Å². The SMILES string of the molecule is Cc1ccc(-c2cnc(CNC3CCCC3)[nH]2)cc1C. The Morgan fingerprint density at radius 3 is 2.75 bits per heavy atom. The second-order valence-corrected chi connectivity index (χ2v) is 5.90. The quantitative estimate of drug-likeness (QED) is 0.888. The number of imidazole rings is 1. The Hall–Kier alpha value is -1.61. The fraction of sp³-hybridized carbons (Fsp3) is 0.471. The van der Waals surface area contributed by atoms with Crippen LogP contribution in [0.2, 0.25) is 0 Å². The van der Waals surface area contributed by atoms with Crippen molar-refractivity contribution in [2.45, 2.75) is 52.1 Å². The molecule has 3 rings (SSSR count). The van der Waals surface area contributed by atoms with E-state index in [4.69, 9.17) is 0 Å². The van der Waals surface area contributed by atoms with E-state index in [1.807, 2.05) is 6.20 Å². The molecule has 0 spiro atoms. The number of H-pyrrole nitrogens is 1. The molecule has 0 saturated heterocycles. The van der Waals surface area contributed by atoms with E-state index in [9.17, 15) is 0 Å². The zero-order chi connectivity index (χ0) is 13.9. The van der Waals surface area contributed by atoms with Gasteiger partial charge in [0.15, 0.2) is 0 Å². The molecule has 0 amide bonds. The van der Waals surface area contributed by atoms with E-state index in [-0.39, 0.29) is 0 Å². The third kappa shape index (κ3) is 2.93. The molecule has 0 unspecified atom stereocenters. The molecule has 0 bridgehead atoms. The lowest BCUT2D eigenvalue weighted by atomic mass is 10.1. The minimum Gasteiger partial charge on any atom is -0.341 e. The van der Waals surface area contributed by atoms with Gasteiger partial charge in [-0.1, -0.05) is 25.0 Å². The summed E-state index contributed by atoms with van der Waals surface area (Å²) in [7, 11) is 0. The number of rotatable bonds is 4. The first kappa shape index (κ1) is 13.4. The van der Waals surface area contributed by atoms with Crippen LogP contribution in [0, 0.1) is 13.8 Å². The highest BCUT2D eigenvalue weighted by Crippen LogP contribution is 2.21. The Kier molecular flexibility index (Phi) is 3.88. The van der Waals surface area contributed by atoms with Gasteiger partial charge in [-0.25, -0.2) is 4.98 Å². The van der Waals surface area contributed by atoms with Crippen LogP contribution in [0.4, 0.5) is 0 Å². The molecule has 3 nitrogen and oxygen atoms in total. The molecule has 0 atom stereocenters. The first-order valence-electron chi connectivity index (χ1n) is 7.57. The van der Waals surface area contributed by atoms with Gasteiger partial charge in [0.1, 0.15) is 5.82 Å². The molecule has 0 radical (unpaired) electrons. The summed E-state index contributed by atoms with van der Waals surface area (Å²) in [5.74, 6) is 1.03. The second kappa shape index (κ2) is 5.80. The number of nitrogens with one attached hydrogen (secondary N) is 2. The van der Waals surface area contributed by atoms with Crippen molar-refractivity contribution in [1.82, 2.24) is 15.3 Å². The van der Waals surface area contributed by atoms with Crippen molar-refractivity contribution in [2.75, 3.05) is 0 Å². The first-order valence-corrected chi connectivity index (χ1v) is 7.57. The molecular weight excluding hydrogens is 246 g/mol. The molecule has 3 heteroatoms. The topological polar surface area (TPSA) is 40.7 Å². The van der Waals surface area contributed by atoms with Crippen molar-refractivity contribution in [1.29, 1.82) is 0 Å². The monoisotopic (exact) mass is 269 g/mol. The van der Waals surface area contributed by atoms with E-state index in [2.05, 4.69) is 47.3 Å². The first-order chi connectivity index (χ1) is 9.72. The smallest absolute Gasteiger partial charge is 0.120 e. The molecule has 1 aromatic heterocycles. The molecular formula is C17H23N3. The zero-order valence-corrected chi connectivity index (χ0v) is 12.4. The standard InChI is InChI=1S/C17H23N3/c1-12-7-8-14(9-13(12)2)16-10-19-17(20-16)11-18-15-5-3-4-6-15/h7-10,15,18H,3-6,11H2,1-2H3,(H,19,20). The molecule has 1 aromatic carbocycles. The lowest BCUT2D eigenvalue weighted by molar-refractivity contribution is 0.515. The van der Waals surface area contributed by atoms with Gasteiger partial charge in [-0.3, -0.25) is 0 Å². The Morgan fingerprint density at radius 2 is 2.00 bits per heavy atom. The van der Waals surface area contributed by atoms with E-state index in [1.54, 1.807) is 0 Å². The molecule has 1 saturated carbocycles. The molecule has 1 aliphatic rings. The number of aromatic nitrogens is 2. The molecule has 1 heterocycles. The highest BCUT2D eigenvalue weighted by atomic mass is 15.0. The molecule has 106 valence electrons. The van der Waals surface area contributed by atoms with Crippen molar-refractivity contribution in [3.8, 4) is 11.3 Å². The third-order valence-corrected chi connectivity index (χ3v) is 4.36. The molecule has 1 fully saturated rings. The normalized spacial score (nSPS) is 15.9. The van der Waals surface area contributed by atoms with Gasteiger partial charge in [-0.05, 0) is 49.4 Å². The van der Waals surface area contributed by atoms with Gasteiger partial charge >= 0.3 is 0 Å². The summed E-state index contributed by atoms with van der Waals surface area (Å²) in [5.41, 5.74) is 4.98. The van der Waals surface area contributed by atoms with Crippen LogP contribution in [0.25, 0.3) is 11.3 Å².